The third-order valence-corrected chi connectivity index (χ3v) is 2.87. The molecule has 90 valence electrons. The molecule has 0 atom stereocenters. The first-order valence-electron chi connectivity index (χ1n) is 5.78. The number of hydrogen-bond acceptors (Lipinski definition) is 2. The molecule has 0 fully saturated rings. The van der Waals surface area contributed by atoms with Gasteiger partial charge in [0.15, 0.2) is 11.5 Å². The Hall–Kier alpha value is -2.23. The quantitative estimate of drug-likeness (QED) is 0.690. The van der Waals surface area contributed by atoms with Crippen LogP contribution in [0.3, 0.4) is 0 Å². The summed E-state index contributed by atoms with van der Waals surface area (Å²) >= 11 is 0. The van der Waals surface area contributed by atoms with Gasteiger partial charge in [-0.25, -0.2) is 13.9 Å². The molecule has 0 saturated carbocycles. The Morgan fingerprint density at radius 2 is 1.89 bits per heavy atom. The zero-order chi connectivity index (χ0) is 12.5. The third-order valence-electron chi connectivity index (χ3n) is 2.87. The summed E-state index contributed by atoms with van der Waals surface area (Å²) in [5, 5.41) is 4.44. The highest BCUT2D eigenvalue weighted by atomic mass is 19.1. The summed E-state index contributed by atoms with van der Waals surface area (Å²) in [6.45, 7) is 1.99. The molecule has 2 heterocycles. The average Bonchev–Trinajstić information content (AvgIpc) is 2.76. The smallest absolute Gasteiger partial charge is 0.156 e. The highest BCUT2D eigenvalue weighted by Gasteiger charge is 2.05. The summed E-state index contributed by atoms with van der Waals surface area (Å²) in [6.07, 6.45) is 0.612. The van der Waals surface area contributed by atoms with E-state index >= 15 is 0 Å². The summed E-state index contributed by atoms with van der Waals surface area (Å²) in [6, 6.07) is 12.3. The first-order valence-corrected chi connectivity index (χ1v) is 5.78. The van der Waals surface area contributed by atoms with Gasteiger partial charge in [0.2, 0.25) is 0 Å². The maximum atomic E-state index is 12.8. The van der Waals surface area contributed by atoms with Crippen LogP contribution >= 0.6 is 0 Å². The number of fused-ring (bicyclic) bond motifs is 1. The van der Waals surface area contributed by atoms with Gasteiger partial charge in [0.1, 0.15) is 5.82 Å². The molecule has 3 rings (SSSR count). The molecule has 0 bridgehead atoms. The molecule has 0 N–H and O–H groups in total. The topological polar surface area (TPSA) is 30.2 Å². The van der Waals surface area contributed by atoms with E-state index in [1.54, 1.807) is 12.1 Å². The molecular weight excluding hydrogens is 229 g/mol. The van der Waals surface area contributed by atoms with Gasteiger partial charge in [-0.1, -0.05) is 18.2 Å². The molecule has 18 heavy (non-hydrogen) atoms. The lowest BCUT2D eigenvalue weighted by molar-refractivity contribution is 0.627. The van der Waals surface area contributed by atoms with Crippen molar-refractivity contribution in [3.05, 3.63) is 65.4 Å². The van der Waals surface area contributed by atoms with Crippen molar-refractivity contribution in [1.29, 1.82) is 0 Å². The molecule has 3 aromatic rings. The fraction of sp³-hybridized carbons (Fsp3) is 0.143. The second-order valence-electron chi connectivity index (χ2n) is 4.27. The van der Waals surface area contributed by atoms with Gasteiger partial charge in [-0.15, -0.1) is 0 Å². The van der Waals surface area contributed by atoms with E-state index in [-0.39, 0.29) is 5.82 Å². The summed E-state index contributed by atoms with van der Waals surface area (Å²) in [5.41, 5.74) is 2.89. The fourth-order valence-corrected chi connectivity index (χ4v) is 1.94. The summed E-state index contributed by atoms with van der Waals surface area (Å²) in [4.78, 5) is 4.45. The molecule has 3 nitrogen and oxygen atoms in total. The molecule has 0 aliphatic heterocycles. The lowest BCUT2D eigenvalue weighted by atomic mass is 10.1. The predicted molar refractivity (Wildman–Crippen MR) is 66.9 cm³/mol. The minimum absolute atomic E-state index is 0.224. The van der Waals surface area contributed by atoms with Crippen LogP contribution in [0.25, 0.3) is 5.65 Å². The first kappa shape index (κ1) is 10.9. The van der Waals surface area contributed by atoms with Gasteiger partial charge < -0.3 is 0 Å². The molecule has 0 radical (unpaired) electrons. The lowest BCUT2D eigenvalue weighted by Crippen LogP contribution is -1.94. The molecule has 0 aliphatic carbocycles. The van der Waals surface area contributed by atoms with Crippen molar-refractivity contribution in [3.8, 4) is 0 Å². The van der Waals surface area contributed by atoms with Crippen molar-refractivity contribution in [3.63, 3.8) is 0 Å². The van der Waals surface area contributed by atoms with Gasteiger partial charge in [-0.05, 0) is 36.8 Å². The van der Waals surface area contributed by atoms with Crippen LogP contribution in [0.1, 0.15) is 17.1 Å². The molecule has 0 unspecified atom stereocenters. The van der Waals surface area contributed by atoms with Gasteiger partial charge in [-0.3, -0.25) is 0 Å². The van der Waals surface area contributed by atoms with Crippen LogP contribution in [-0.4, -0.2) is 14.6 Å². The van der Waals surface area contributed by atoms with E-state index in [1.807, 2.05) is 29.6 Å². The zero-order valence-electron chi connectivity index (χ0n) is 9.97. The monoisotopic (exact) mass is 241 g/mol. The Morgan fingerprint density at radius 3 is 2.61 bits per heavy atom. The SMILES string of the molecule is Cc1cccc2nc(Cc3ccc(F)cc3)nn12. The Balaban J connectivity index is 1.95. The molecule has 4 heteroatoms. The Kier molecular flexibility index (Phi) is 2.55. The van der Waals surface area contributed by atoms with Crippen molar-refractivity contribution in [2.75, 3.05) is 0 Å². The number of halogens is 1. The second kappa shape index (κ2) is 4.22. The average molecular weight is 241 g/mol. The molecular formula is C14H12FN3. The van der Waals surface area contributed by atoms with Gasteiger partial charge in [0, 0.05) is 12.1 Å². The van der Waals surface area contributed by atoms with Gasteiger partial charge in [0.25, 0.3) is 0 Å². The van der Waals surface area contributed by atoms with Crippen LogP contribution < -0.4 is 0 Å². The summed E-state index contributed by atoms with van der Waals surface area (Å²) < 4.78 is 14.6. The van der Waals surface area contributed by atoms with E-state index in [0.29, 0.717) is 6.42 Å². The Bertz CT molecular complexity index is 686. The van der Waals surface area contributed by atoms with Crippen LogP contribution in [0.5, 0.6) is 0 Å². The van der Waals surface area contributed by atoms with E-state index in [4.69, 9.17) is 0 Å². The standard InChI is InChI=1S/C14H12FN3/c1-10-3-2-4-14-16-13(17-18(10)14)9-11-5-7-12(15)8-6-11/h2-8H,9H2,1H3. The van der Waals surface area contributed by atoms with E-state index in [0.717, 1.165) is 22.7 Å². The highest BCUT2D eigenvalue weighted by molar-refractivity contribution is 5.39. The number of nitrogens with zero attached hydrogens (tertiary/aromatic N) is 3. The van der Waals surface area contributed by atoms with Crippen molar-refractivity contribution >= 4 is 5.65 Å². The normalized spacial score (nSPS) is 11.0. The van der Waals surface area contributed by atoms with Crippen LogP contribution in [0, 0.1) is 12.7 Å². The predicted octanol–water partition coefficient (Wildman–Crippen LogP) is 2.77. The molecule has 2 aromatic heterocycles. The van der Waals surface area contributed by atoms with E-state index < -0.39 is 0 Å². The van der Waals surface area contributed by atoms with Crippen LogP contribution in [0.2, 0.25) is 0 Å². The van der Waals surface area contributed by atoms with Gasteiger partial charge in [-0.2, -0.15) is 5.10 Å². The van der Waals surface area contributed by atoms with E-state index in [9.17, 15) is 4.39 Å². The minimum Gasteiger partial charge on any atom is -0.218 e. The van der Waals surface area contributed by atoms with Crippen LogP contribution in [0.15, 0.2) is 42.5 Å². The zero-order valence-corrected chi connectivity index (χ0v) is 9.97. The summed E-state index contributed by atoms with van der Waals surface area (Å²) in [5.74, 6) is 0.522. The molecule has 0 amide bonds. The Morgan fingerprint density at radius 1 is 1.11 bits per heavy atom. The lowest BCUT2D eigenvalue weighted by Gasteiger charge is -1.96. The van der Waals surface area contributed by atoms with Crippen LogP contribution in [0.4, 0.5) is 4.39 Å². The van der Waals surface area contributed by atoms with E-state index in [1.165, 1.54) is 12.1 Å². The number of aryl methyl sites for hydroxylation is 1. The van der Waals surface area contributed by atoms with Crippen LogP contribution in [-0.2, 0) is 6.42 Å². The van der Waals surface area contributed by atoms with Crippen molar-refractivity contribution in [1.82, 2.24) is 14.6 Å². The van der Waals surface area contributed by atoms with Crippen molar-refractivity contribution in [2.45, 2.75) is 13.3 Å². The van der Waals surface area contributed by atoms with E-state index in [2.05, 4.69) is 10.1 Å². The van der Waals surface area contributed by atoms with Crippen molar-refractivity contribution < 1.29 is 4.39 Å². The van der Waals surface area contributed by atoms with Gasteiger partial charge in [0.05, 0.1) is 0 Å². The maximum Gasteiger partial charge on any atom is 0.156 e. The number of hydrogen-bond donors (Lipinski definition) is 0. The highest BCUT2D eigenvalue weighted by Crippen LogP contribution is 2.10. The second-order valence-corrected chi connectivity index (χ2v) is 4.27. The third kappa shape index (κ3) is 1.97. The minimum atomic E-state index is -0.224. The van der Waals surface area contributed by atoms with Gasteiger partial charge >= 0.3 is 0 Å². The molecule has 0 saturated heterocycles. The number of pyridine rings is 1. The maximum absolute atomic E-state index is 12.8. The molecule has 0 spiro atoms. The molecule has 1 aromatic carbocycles. The molecule has 0 aliphatic rings. The van der Waals surface area contributed by atoms with Crippen molar-refractivity contribution in [2.24, 2.45) is 0 Å². The number of aromatic nitrogens is 3. The first-order chi connectivity index (χ1) is 8.72. The fourth-order valence-electron chi connectivity index (χ4n) is 1.94. The summed E-state index contributed by atoms with van der Waals surface area (Å²) in [7, 11) is 0. The Labute approximate surface area is 104 Å². The number of rotatable bonds is 2. The number of benzene rings is 1. The largest absolute Gasteiger partial charge is 0.218 e.